The Morgan fingerprint density at radius 2 is 0.927 bits per heavy atom. The lowest BCUT2D eigenvalue weighted by molar-refractivity contribution is -0.867. The molecule has 0 amide bonds. The SMILES string of the molecule is CCCCCCCC/C=C/CCCCCCCC(=O)OCC(COP(=O)(CC[N+](C)(C)C)OCC)OC(=O)CCCCCCC/C=C/CCCCCCCC. The Morgan fingerprint density at radius 1 is 0.527 bits per heavy atom. The molecule has 9 heteroatoms. The van der Waals surface area contributed by atoms with Gasteiger partial charge >= 0.3 is 19.5 Å². The molecule has 0 saturated heterocycles. The van der Waals surface area contributed by atoms with E-state index >= 15 is 0 Å². The van der Waals surface area contributed by atoms with Gasteiger partial charge in [-0.25, -0.2) is 0 Å². The Balaban J connectivity index is 4.52. The maximum Gasteiger partial charge on any atom is 0.336 e. The fourth-order valence-electron chi connectivity index (χ4n) is 6.28. The lowest BCUT2D eigenvalue weighted by Crippen LogP contribution is -2.37. The first-order chi connectivity index (χ1) is 26.5. The molecule has 0 aromatic carbocycles. The molecule has 0 aromatic heterocycles. The summed E-state index contributed by atoms with van der Waals surface area (Å²) in [4.78, 5) is 25.4. The van der Waals surface area contributed by atoms with Gasteiger partial charge in [0, 0.05) is 12.8 Å². The smallest absolute Gasteiger partial charge is 0.336 e. The highest BCUT2D eigenvalue weighted by atomic mass is 31.2. The number of hydrogen-bond donors (Lipinski definition) is 0. The van der Waals surface area contributed by atoms with Crippen LogP contribution in [0.1, 0.15) is 201 Å². The summed E-state index contributed by atoms with van der Waals surface area (Å²) >= 11 is 0. The van der Waals surface area contributed by atoms with E-state index in [2.05, 4.69) is 38.2 Å². The summed E-state index contributed by atoms with van der Waals surface area (Å²) in [6, 6.07) is 0. The van der Waals surface area contributed by atoms with Crippen molar-refractivity contribution in [2.24, 2.45) is 0 Å². The molecule has 0 aliphatic carbocycles. The quantitative estimate of drug-likeness (QED) is 0.0200. The van der Waals surface area contributed by atoms with E-state index < -0.39 is 13.7 Å². The zero-order chi connectivity index (χ0) is 40.7. The average Bonchev–Trinajstić information content (AvgIpc) is 3.15. The summed E-state index contributed by atoms with van der Waals surface area (Å²) in [6.07, 6.45) is 40.4. The lowest BCUT2D eigenvalue weighted by atomic mass is 10.1. The minimum Gasteiger partial charge on any atom is -0.462 e. The van der Waals surface area contributed by atoms with E-state index in [0.717, 1.165) is 64.2 Å². The van der Waals surface area contributed by atoms with Crippen LogP contribution in [0.2, 0.25) is 0 Å². The molecule has 0 fully saturated rings. The monoisotopic (exact) mass is 799 g/mol. The summed E-state index contributed by atoms with van der Waals surface area (Å²) in [7, 11) is 2.64. The van der Waals surface area contributed by atoms with Crippen molar-refractivity contribution in [3.63, 3.8) is 0 Å². The zero-order valence-electron chi connectivity index (χ0n) is 37.0. The molecule has 2 unspecified atom stereocenters. The van der Waals surface area contributed by atoms with Crippen molar-refractivity contribution in [1.29, 1.82) is 0 Å². The number of ether oxygens (including phenoxy) is 2. The van der Waals surface area contributed by atoms with Crippen LogP contribution in [0.25, 0.3) is 0 Å². The Morgan fingerprint density at radius 3 is 1.35 bits per heavy atom. The molecular weight excluding hydrogens is 709 g/mol. The number of carbonyl (C=O) groups excluding carboxylic acids is 2. The molecule has 55 heavy (non-hydrogen) atoms. The third kappa shape index (κ3) is 39.2. The predicted octanol–water partition coefficient (Wildman–Crippen LogP) is 13.5. The highest BCUT2D eigenvalue weighted by Crippen LogP contribution is 2.48. The van der Waals surface area contributed by atoms with E-state index in [1.807, 2.05) is 21.1 Å². The largest absolute Gasteiger partial charge is 0.462 e. The Hall–Kier alpha value is -1.47. The van der Waals surface area contributed by atoms with Crippen molar-refractivity contribution in [2.75, 3.05) is 53.7 Å². The van der Waals surface area contributed by atoms with Gasteiger partial charge in [0.1, 0.15) is 6.61 Å². The van der Waals surface area contributed by atoms with Crippen molar-refractivity contribution in [2.45, 2.75) is 207 Å². The van der Waals surface area contributed by atoms with Crippen LogP contribution in [0.4, 0.5) is 0 Å². The average molecular weight is 799 g/mol. The highest BCUT2D eigenvalue weighted by Gasteiger charge is 2.30. The molecular formula is C46H89NO7P+. The maximum absolute atomic E-state index is 13.5. The molecule has 0 bridgehead atoms. The van der Waals surface area contributed by atoms with Crippen LogP contribution in [-0.2, 0) is 32.7 Å². The van der Waals surface area contributed by atoms with Gasteiger partial charge in [-0.2, -0.15) is 0 Å². The number of quaternary nitrogens is 1. The molecule has 2 atom stereocenters. The molecule has 0 heterocycles. The first-order valence-electron chi connectivity index (χ1n) is 22.9. The summed E-state index contributed by atoms with van der Waals surface area (Å²) < 4.78 is 36.8. The molecule has 0 aromatic rings. The van der Waals surface area contributed by atoms with Crippen molar-refractivity contribution in [1.82, 2.24) is 0 Å². The molecule has 0 aliphatic heterocycles. The first kappa shape index (κ1) is 53.5. The van der Waals surface area contributed by atoms with Gasteiger partial charge in [0.05, 0.1) is 47.1 Å². The van der Waals surface area contributed by atoms with Gasteiger partial charge in [0.25, 0.3) is 0 Å². The second-order valence-electron chi connectivity index (χ2n) is 16.5. The Bertz CT molecular complexity index is 993. The van der Waals surface area contributed by atoms with E-state index in [-0.39, 0.29) is 37.9 Å². The van der Waals surface area contributed by atoms with Gasteiger partial charge < -0.3 is 23.0 Å². The van der Waals surface area contributed by atoms with Crippen molar-refractivity contribution >= 4 is 19.5 Å². The number of rotatable bonds is 41. The zero-order valence-corrected chi connectivity index (χ0v) is 37.9. The Kier molecular flexibility index (Phi) is 37.1. The van der Waals surface area contributed by atoms with Gasteiger partial charge in [-0.3, -0.25) is 14.2 Å². The fourth-order valence-corrected chi connectivity index (χ4v) is 8.25. The van der Waals surface area contributed by atoms with Gasteiger partial charge in [0.15, 0.2) is 6.10 Å². The van der Waals surface area contributed by atoms with E-state index in [9.17, 15) is 14.2 Å². The van der Waals surface area contributed by atoms with Gasteiger partial charge in [-0.05, 0) is 71.1 Å². The van der Waals surface area contributed by atoms with Gasteiger partial charge in [0.2, 0.25) is 0 Å². The number of unbranched alkanes of at least 4 members (excludes halogenated alkanes) is 22. The van der Waals surface area contributed by atoms with Crippen LogP contribution in [0, 0.1) is 0 Å². The summed E-state index contributed by atoms with van der Waals surface area (Å²) in [6.45, 7) is 6.88. The molecule has 0 spiro atoms. The molecule has 324 valence electrons. The van der Waals surface area contributed by atoms with Gasteiger partial charge in [-0.1, -0.05) is 141 Å². The maximum atomic E-state index is 13.5. The van der Waals surface area contributed by atoms with Crippen LogP contribution in [0.3, 0.4) is 0 Å². The lowest BCUT2D eigenvalue weighted by Gasteiger charge is -2.27. The van der Waals surface area contributed by atoms with Crippen LogP contribution in [0.5, 0.6) is 0 Å². The summed E-state index contributed by atoms with van der Waals surface area (Å²) in [5.41, 5.74) is 0. The fraction of sp³-hybridized carbons (Fsp3) is 0.870. The molecule has 0 radical (unpaired) electrons. The van der Waals surface area contributed by atoms with Crippen LogP contribution in [-0.4, -0.2) is 76.2 Å². The first-order valence-corrected chi connectivity index (χ1v) is 24.6. The molecule has 0 aliphatic rings. The van der Waals surface area contributed by atoms with Crippen molar-refractivity contribution in [3.05, 3.63) is 24.3 Å². The van der Waals surface area contributed by atoms with Crippen molar-refractivity contribution in [3.8, 4) is 0 Å². The van der Waals surface area contributed by atoms with E-state index in [0.29, 0.717) is 23.9 Å². The van der Waals surface area contributed by atoms with E-state index in [1.54, 1.807) is 6.92 Å². The molecule has 0 rings (SSSR count). The van der Waals surface area contributed by atoms with Crippen LogP contribution in [0.15, 0.2) is 24.3 Å². The minimum absolute atomic E-state index is 0.122. The van der Waals surface area contributed by atoms with Crippen LogP contribution < -0.4 is 0 Å². The topological polar surface area (TPSA) is 88.1 Å². The number of carbonyl (C=O) groups is 2. The number of esters is 2. The minimum atomic E-state index is -3.42. The molecule has 8 nitrogen and oxygen atoms in total. The normalized spacial score (nSPS) is 13.8. The summed E-state index contributed by atoms with van der Waals surface area (Å²) in [5.74, 6) is -0.661. The third-order valence-corrected chi connectivity index (χ3v) is 11.8. The van der Waals surface area contributed by atoms with Crippen LogP contribution >= 0.6 is 7.60 Å². The van der Waals surface area contributed by atoms with E-state index in [4.69, 9.17) is 18.5 Å². The predicted molar refractivity (Wildman–Crippen MR) is 233 cm³/mol. The second-order valence-corrected chi connectivity index (χ2v) is 18.7. The van der Waals surface area contributed by atoms with E-state index in [1.165, 1.54) is 103 Å². The number of hydrogen-bond acceptors (Lipinski definition) is 7. The second kappa shape index (κ2) is 38.1. The Labute approximate surface area is 340 Å². The third-order valence-electron chi connectivity index (χ3n) is 9.84. The highest BCUT2D eigenvalue weighted by molar-refractivity contribution is 7.53. The standard InChI is InChI=1S/C46H89NO7P/c1-7-10-12-14-16-18-20-22-24-26-28-30-32-34-36-38-45(48)51-42-44(43-53-55(50,52-9-3)41-40-47(4,5)6)54-46(49)39-37-35-33-31-29-27-25-23-21-19-17-15-13-11-8-2/h22-25,44H,7-21,26-43H2,1-6H3/q+1/b24-22+,25-23+. The van der Waals surface area contributed by atoms with Crippen molar-refractivity contribution < 1.29 is 37.2 Å². The molecule has 0 N–H and O–H groups in total. The number of allylic oxidation sites excluding steroid dienone is 4. The number of nitrogens with zero attached hydrogens (tertiary/aromatic N) is 1. The molecule has 0 saturated carbocycles. The van der Waals surface area contributed by atoms with Gasteiger partial charge in [-0.15, -0.1) is 0 Å². The summed E-state index contributed by atoms with van der Waals surface area (Å²) in [5, 5.41) is 0.